The van der Waals surface area contributed by atoms with Gasteiger partial charge in [0.05, 0.1) is 25.4 Å². The second kappa shape index (κ2) is 14.5. The van der Waals surface area contributed by atoms with Crippen LogP contribution in [0.15, 0.2) is 36.4 Å². The van der Waals surface area contributed by atoms with Gasteiger partial charge < -0.3 is 39.7 Å². The van der Waals surface area contributed by atoms with Crippen LogP contribution in [0.3, 0.4) is 0 Å². The van der Waals surface area contributed by atoms with Gasteiger partial charge in [0.15, 0.2) is 5.82 Å². The number of amides is 3. The van der Waals surface area contributed by atoms with Crippen molar-refractivity contribution in [2.75, 3.05) is 57.5 Å². The predicted molar refractivity (Wildman–Crippen MR) is 153 cm³/mol. The predicted octanol–water partition coefficient (Wildman–Crippen LogP) is 1.70. The molecule has 2 aliphatic heterocycles. The van der Waals surface area contributed by atoms with Crippen LogP contribution in [0.1, 0.15) is 36.7 Å². The van der Waals surface area contributed by atoms with Gasteiger partial charge in [0.2, 0.25) is 5.91 Å². The summed E-state index contributed by atoms with van der Waals surface area (Å²) in [5.41, 5.74) is 0.584. The molecule has 3 amide bonds. The first-order valence-electron chi connectivity index (χ1n) is 14.0. The lowest BCUT2D eigenvalue weighted by molar-refractivity contribution is -0.134. The van der Waals surface area contributed by atoms with Gasteiger partial charge in [0.1, 0.15) is 17.6 Å². The van der Waals surface area contributed by atoms with E-state index in [4.69, 9.17) is 9.47 Å². The fraction of sp³-hybridized carbons (Fsp3) is 0.519. The van der Waals surface area contributed by atoms with E-state index in [0.717, 1.165) is 19.3 Å². The highest BCUT2D eigenvalue weighted by Gasteiger charge is 2.35. The largest absolute Gasteiger partial charge is 0.449 e. The zero-order valence-corrected chi connectivity index (χ0v) is 24.4. The molecule has 2 atom stereocenters. The Hall–Kier alpha value is -3.58. The second-order valence-electron chi connectivity index (χ2n) is 10.2. The first-order chi connectivity index (χ1) is 20.1. The van der Waals surface area contributed by atoms with E-state index in [2.05, 4.69) is 20.6 Å². The van der Waals surface area contributed by atoms with Crippen molar-refractivity contribution in [3.8, 4) is 11.4 Å². The van der Waals surface area contributed by atoms with Crippen LogP contribution in [-0.2, 0) is 18.8 Å². The smallest absolute Gasteiger partial charge is 0.409 e. The highest BCUT2D eigenvalue weighted by Crippen LogP contribution is 2.35. The summed E-state index contributed by atoms with van der Waals surface area (Å²) in [6, 6.07) is 8.94. The van der Waals surface area contributed by atoms with Crippen LogP contribution in [0.2, 0.25) is 0 Å². The summed E-state index contributed by atoms with van der Waals surface area (Å²) in [6.45, 7) is 4.01. The lowest BCUT2D eigenvalue weighted by Gasteiger charge is -2.36. The molecule has 4 rings (SSSR count). The van der Waals surface area contributed by atoms with E-state index < -0.39 is 37.7 Å². The summed E-state index contributed by atoms with van der Waals surface area (Å²) in [5.74, 6) is -0.802. The molecule has 0 aliphatic carbocycles. The number of carbonyl (C=O) groups excluding carboxylic acids is 3. The van der Waals surface area contributed by atoms with Crippen molar-refractivity contribution in [1.82, 2.24) is 25.1 Å². The molecule has 3 heterocycles. The number of benzene rings is 1. The van der Waals surface area contributed by atoms with E-state index in [-0.39, 0.29) is 43.7 Å². The van der Waals surface area contributed by atoms with Gasteiger partial charge in [-0.25, -0.2) is 14.8 Å². The number of anilines is 1. The summed E-state index contributed by atoms with van der Waals surface area (Å²) >= 11 is 0. The summed E-state index contributed by atoms with van der Waals surface area (Å²) in [4.78, 5) is 70.3. The van der Waals surface area contributed by atoms with E-state index >= 15 is 0 Å². The van der Waals surface area contributed by atoms with E-state index in [0.29, 0.717) is 31.2 Å². The summed E-state index contributed by atoms with van der Waals surface area (Å²) in [6.07, 6.45) is 1.03. The fourth-order valence-corrected chi connectivity index (χ4v) is 5.31. The maximum Gasteiger partial charge on any atom is 0.409 e. The Morgan fingerprint density at radius 3 is 2.48 bits per heavy atom. The third-order valence-corrected chi connectivity index (χ3v) is 7.71. The SMILES string of the molecule is CCCCOC(=O)N1CCN(C(=O)[C@H](CP(=O)(O)O)NC(=O)c2cc(N[C@@H]3CCOC3)nc(-c3ccccc3)n2)CC1. The van der Waals surface area contributed by atoms with Gasteiger partial charge in [-0.1, -0.05) is 43.7 Å². The van der Waals surface area contributed by atoms with E-state index in [1.54, 1.807) is 12.1 Å². The van der Waals surface area contributed by atoms with Crippen LogP contribution in [0, 0.1) is 0 Å². The highest BCUT2D eigenvalue weighted by atomic mass is 31.2. The molecule has 0 saturated carbocycles. The Morgan fingerprint density at radius 2 is 1.83 bits per heavy atom. The molecule has 228 valence electrons. The van der Waals surface area contributed by atoms with Crippen molar-refractivity contribution in [2.45, 2.75) is 38.3 Å². The molecular formula is C27H37N6O8P. The van der Waals surface area contributed by atoms with Crippen LogP contribution in [-0.4, -0.2) is 112 Å². The number of unbranched alkanes of at least 4 members (excludes halogenated alkanes) is 1. The first kappa shape index (κ1) is 31.4. The average Bonchev–Trinajstić information content (AvgIpc) is 3.49. The molecule has 15 heteroatoms. The number of ether oxygens (including phenoxy) is 2. The van der Waals surface area contributed by atoms with Crippen molar-refractivity contribution in [2.24, 2.45) is 0 Å². The molecule has 0 spiro atoms. The molecule has 2 aromatic rings. The minimum atomic E-state index is -4.71. The summed E-state index contributed by atoms with van der Waals surface area (Å²) in [5, 5.41) is 5.73. The third kappa shape index (κ3) is 8.96. The third-order valence-electron chi connectivity index (χ3n) is 6.87. The number of rotatable bonds is 11. The molecule has 2 fully saturated rings. The minimum Gasteiger partial charge on any atom is -0.449 e. The summed E-state index contributed by atoms with van der Waals surface area (Å²) in [7, 11) is -4.71. The number of aromatic nitrogens is 2. The van der Waals surface area contributed by atoms with Crippen molar-refractivity contribution < 1.29 is 38.2 Å². The Kier molecular flexibility index (Phi) is 10.9. The van der Waals surface area contributed by atoms with Gasteiger partial charge in [0, 0.05) is 44.4 Å². The zero-order chi connectivity index (χ0) is 30.1. The Morgan fingerprint density at radius 1 is 1.12 bits per heavy atom. The number of hydrogen-bond donors (Lipinski definition) is 4. The van der Waals surface area contributed by atoms with E-state index in [1.165, 1.54) is 15.9 Å². The van der Waals surface area contributed by atoms with Crippen LogP contribution in [0.5, 0.6) is 0 Å². The minimum absolute atomic E-state index is 0.00832. The summed E-state index contributed by atoms with van der Waals surface area (Å²) < 4.78 is 22.6. The van der Waals surface area contributed by atoms with Gasteiger partial charge in [0.25, 0.3) is 5.91 Å². The normalized spacial score (nSPS) is 17.9. The van der Waals surface area contributed by atoms with Crippen LogP contribution < -0.4 is 10.6 Å². The molecular weight excluding hydrogens is 567 g/mol. The number of nitrogens with one attached hydrogen (secondary N) is 2. The number of carbonyl (C=O) groups is 3. The zero-order valence-electron chi connectivity index (χ0n) is 23.5. The van der Waals surface area contributed by atoms with Crippen LogP contribution in [0.4, 0.5) is 10.6 Å². The second-order valence-corrected chi connectivity index (χ2v) is 11.9. The van der Waals surface area contributed by atoms with Crippen LogP contribution in [0.25, 0.3) is 11.4 Å². The molecule has 0 radical (unpaired) electrons. The molecule has 4 N–H and O–H groups in total. The topological polar surface area (TPSA) is 184 Å². The van der Waals surface area contributed by atoms with Gasteiger partial charge in [-0.2, -0.15) is 0 Å². The number of piperazine rings is 1. The molecule has 0 unspecified atom stereocenters. The van der Waals surface area contributed by atoms with Crippen molar-refractivity contribution >= 4 is 31.3 Å². The Bertz CT molecular complexity index is 1280. The van der Waals surface area contributed by atoms with Gasteiger partial charge >= 0.3 is 13.7 Å². The highest BCUT2D eigenvalue weighted by molar-refractivity contribution is 7.51. The van der Waals surface area contributed by atoms with E-state index in [1.807, 2.05) is 25.1 Å². The maximum atomic E-state index is 13.4. The van der Waals surface area contributed by atoms with E-state index in [9.17, 15) is 28.7 Å². The quantitative estimate of drug-likeness (QED) is 0.216. The Balaban J connectivity index is 1.49. The molecule has 1 aromatic heterocycles. The van der Waals surface area contributed by atoms with Crippen molar-refractivity contribution in [1.29, 1.82) is 0 Å². The lowest BCUT2D eigenvalue weighted by atomic mass is 10.2. The number of hydrogen-bond acceptors (Lipinski definition) is 9. The first-order valence-corrected chi connectivity index (χ1v) is 15.8. The molecule has 2 aliphatic rings. The lowest BCUT2D eigenvalue weighted by Crippen LogP contribution is -2.56. The molecule has 2 saturated heterocycles. The standard InChI is InChI=1S/C27H37N6O8P/c1-2-3-14-41-27(36)33-12-10-32(11-13-33)26(35)22(18-42(37,38)39)30-25(34)21-16-23(28-20-9-15-40-17-20)31-24(29-21)19-7-5-4-6-8-19/h4-8,16,20,22H,2-3,9-15,17-18H2,1H3,(H,30,34)(H,28,29,31)(H2,37,38,39)/t20-,22+/m1/s1. The molecule has 14 nitrogen and oxygen atoms in total. The number of nitrogens with zero attached hydrogens (tertiary/aromatic N) is 4. The molecule has 42 heavy (non-hydrogen) atoms. The Labute approximate surface area is 244 Å². The average molecular weight is 605 g/mol. The van der Waals surface area contributed by atoms with Crippen LogP contribution >= 0.6 is 7.60 Å². The fourth-order valence-electron chi connectivity index (χ4n) is 4.59. The van der Waals surface area contributed by atoms with Crippen molar-refractivity contribution in [3.63, 3.8) is 0 Å². The van der Waals surface area contributed by atoms with Gasteiger partial charge in [-0.3, -0.25) is 14.2 Å². The molecule has 1 aromatic carbocycles. The maximum absolute atomic E-state index is 13.4. The monoisotopic (exact) mass is 604 g/mol. The van der Waals surface area contributed by atoms with Gasteiger partial charge in [-0.05, 0) is 12.8 Å². The molecule has 0 bridgehead atoms. The van der Waals surface area contributed by atoms with Crippen molar-refractivity contribution in [3.05, 3.63) is 42.1 Å². The van der Waals surface area contributed by atoms with Gasteiger partial charge in [-0.15, -0.1) is 0 Å².